The standard InChI is InChI=1S/C16H23ClN2O/c1-2-18-10-15-4-3-6-19(15)11-13-9-14(17)8-12-5-7-20-16(12)13/h8-9,15,18H,2-7,10-11H2,1H3. The lowest BCUT2D eigenvalue weighted by Gasteiger charge is -2.25. The molecule has 0 amide bonds. The Hall–Kier alpha value is -0.770. The van der Waals surface area contributed by atoms with Crippen LogP contribution in [0.25, 0.3) is 0 Å². The number of ether oxygens (including phenoxy) is 1. The van der Waals surface area contributed by atoms with Gasteiger partial charge in [0.25, 0.3) is 0 Å². The van der Waals surface area contributed by atoms with Crippen molar-refractivity contribution in [3.8, 4) is 5.75 Å². The molecule has 3 rings (SSSR count). The van der Waals surface area contributed by atoms with Gasteiger partial charge in [0, 0.05) is 36.1 Å². The van der Waals surface area contributed by atoms with Crippen LogP contribution >= 0.6 is 11.6 Å². The molecule has 0 aliphatic carbocycles. The van der Waals surface area contributed by atoms with E-state index >= 15 is 0 Å². The maximum atomic E-state index is 6.25. The second kappa shape index (κ2) is 6.33. The van der Waals surface area contributed by atoms with Crippen molar-refractivity contribution >= 4 is 11.6 Å². The van der Waals surface area contributed by atoms with E-state index in [9.17, 15) is 0 Å². The summed E-state index contributed by atoms with van der Waals surface area (Å²) in [5.74, 6) is 1.09. The number of likely N-dealkylation sites (N-methyl/N-ethyl adjacent to an activating group) is 1. The van der Waals surface area contributed by atoms with Gasteiger partial charge in [-0.1, -0.05) is 18.5 Å². The first-order chi connectivity index (χ1) is 9.78. The second-order valence-corrected chi connectivity index (χ2v) is 6.16. The molecular weight excluding hydrogens is 272 g/mol. The summed E-state index contributed by atoms with van der Waals surface area (Å²) in [6, 6.07) is 4.77. The Kier molecular flexibility index (Phi) is 4.49. The van der Waals surface area contributed by atoms with E-state index in [0.717, 1.165) is 43.4 Å². The second-order valence-electron chi connectivity index (χ2n) is 5.73. The summed E-state index contributed by atoms with van der Waals surface area (Å²) in [5, 5.41) is 4.31. The van der Waals surface area contributed by atoms with Crippen LogP contribution in [-0.2, 0) is 13.0 Å². The van der Waals surface area contributed by atoms with Crippen molar-refractivity contribution in [1.29, 1.82) is 0 Å². The monoisotopic (exact) mass is 294 g/mol. The molecule has 110 valence electrons. The lowest BCUT2D eigenvalue weighted by molar-refractivity contribution is 0.236. The largest absolute Gasteiger partial charge is 0.493 e. The number of halogens is 1. The van der Waals surface area contributed by atoms with Crippen LogP contribution in [0.3, 0.4) is 0 Å². The fourth-order valence-electron chi connectivity index (χ4n) is 3.33. The minimum atomic E-state index is 0.644. The van der Waals surface area contributed by atoms with E-state index in [-0.39, 0.29) is 0 Å². The van der Waals surface area contributed by atoms with Crippen molar-refractivity contribution < 1.29 is 4.74 Å². The molecule has 0 aromatic heterocycles. The molecule has 1 N–H and O–H groups in total. The predicted octanol–water partition coefficient (Wildman–Crippen LogP) is 2.85. The highest BCUT2D eigenvalue weighted by Gasteiger charge is 2.26. The summed E-state index contributed by atoms with van der Waals surface area (Å²) < 4.78 is 5.81. The van der Waals surface area contributed by atoms with Crippen LogP contribution in [0.5, 0.6) is 5.75 Å². The van der Waals surface area contributed by atoms with E-state index < -0.39 is 0 Å². The van der Waals surface area contributed by atoms with Gasteiger partial charge in [-0.05, 0) is 43.6 Å². The van der Waals surface area contributed by atoms with Gasteiger partial charge in [-0.2, -0.15) is 0 Å². The van der Waals surface area contributed by atoms with Crippen LogP contribution in [0, 0.1) is 0 Å². The molecule has 2 heterocycles. The highest BCUT2D eigenvalue weighted by atomic mass is 35.5. The zero-order valence-corrected chi connectivity index (χ0v) is 12.9. The Balaban J connectivity index is 1.74. The molecule has 0 bridgehead atoms. The molecule has 1 fully saturated rings. The first kappa shape index (κ1) is 14.2. The average Bonchev–Trinajstić information content (AvgIpc) is 3.05. The van der Waals surface area contributed by atoms with Crippen molar-refractivity contribution in [2.75, 3.05) is 26.2 Å². The summed E-state index contributed by atoms with van der Waals surface area (Å²) in [4.78, 5) is 2.57. The van der Waals surface area contributed by atoms with E-state index in [4.69, 9.17) is 16.3 Å². The maximum absolute atomic E-state index is 6.25. The third-order valence-corrected chi connectivity index (χ3v) is 4.55. The molecule has 0 radical (unpaired) electrons. The molecule has 2 aliphatic heterocycles. The molecule has 1 aromatic rings. The molecule has 1 aromatic carbocycles. The third-order valence-electron chi connectivity index (χ3n) is 4.33. The molecule has 20 heavy (non-hydrogen) atoms. The van der Waals surface area contributed by atoms with Crippen molar-refractivity contribution in [2.45, 2.75) is 38.8 Å². The van der Waals surface area contributed by atoms with Crippen molar-refractivity contribution in [1.82, 2.24) is 10.2 Å². The van der Waals surface area contributed by atoms with Gasteiger partial charge in [-0.15, -0.1) is 0 Å². The van der Waals surface area contributed by atoms with Gasteiger partial charge >= 0.3 is 0 Å². The summed E-state index contributed by atoms with van der Waals surface area (Å²) in [7, 11) is 0. The summed E-state index contributed by atoms with van der Waals surface area (Å²) in [5.41, 5.74) is 2.53. The van der Waals surface area contributed by atoms with E-state index in [2.05, 4.69) is 23.2 Å². The molecule has 2 aliphatic rings. The number of rotatable bonds is 5. The Morgan fingerprint density at radius 1 is 1.45 bits per heavy atom. The van der Waals surface area contributed by atoms with Crippen LogP contribution in [0.4, 0.5) is 0 Å². The Morgan fingerprint density at radius 2 is 2.35 bits per heavy atom. The summed E-state index contributed by atoms with van der Waals surface area (Å²) in [6.45, 7) is 7.22. The van der Waals surface area contributed by atoms with Gasteiger partial charge < -0.3 is 10.1 Å². The number of hydrogen-bond acceptors (Lipinski definition) is 3. The van der Waals surface area contributed by atoms with Gasteiger partial charge in [0.15, 0.2) is 0 Å². The number of likely N-dealkylation sites (tertiary alicyclic amines) is 1. The molecule has 3 nitrogen and oxygen atoms in total. The van der Waals surface area contributed by atoms with Gasteiger partial charge in [-0.25, -0.2) is 0 Å². The molecule has 4 heteroatoms. The first-order valence-electron chi connectivity index (χ1n) is 7.66. The Morgan fingerprint density at radius 3 is 3.20 bits per heavy atom. The zero-order chi connectivity index (χ0) is 13.9. The first-order valence-corrected chi connectivity index (χ1v) is 8.04. The Bertz CT molecular complexity index is 478. The highest BCUT2D eigenvalue weighted by molar-refractivity contribution is 6.30. The van der Waals surface area contributed by atoms with Crippen LogP contribution in [0.1, 0.15) is 30.9 Å². The molecule has 1 saturated heterocycles. The van der Waals surface area contributed by atoms with Gasteiger partial charge in [0.1, 0.15) is 5.75 Å². The van der Waals surface area contributed by atoms with Gasteiger partial charge in [0.05, 0.1) is 6.61 Å². The number of hydrogen-bond donors (Lipinski definition) is 1. The van der Waals surface area contributed by atoms with Gasteiger partial charge in [-0.3, -0.25) is 4.90 Å². The average molecular weight is 295 g/mol. The van der Waals surface area contributed by atoms with Gasteiger partial charge in [0.2, 0.25) is 0 Å². The predicted molar refractivity (Wildman–Crippen MR) is 82.6 cm³/mol. The highest BCUT2D eigenvalue weighted by Crippen LogP contribution is 2.34. The number of benzene rings is 1. The van der Waals surface area contributed by atoms with Crippen molar-refractivity contribution in [2.24, 2.45) is 0 Å². The van der Waals surface area contributed by atoms with Crippen LogP contribution in [0.2, 0.25) is 5.02 Å². The van der Waals surface area contributed by atoms with Crippen LogP contribution in [-0.4, -0.2) is 37.2 Å². The molecule has 1 atom stereocenters. The Labute approximate surface area is 126 Å². The minimum Gasteiger partial charge on any atom is -0.493 e. The third kappa shape index (κ3) is 2.95. The van der Waals surface area contributed by atoms with E-state index in [0.29, 0.717) is 6.04 Å². The van der Waals surface area contributed by atoms with E-state index in [1.54, 1.807) is 0 Å². The topological polar surface area (TPSA) is 24.5 Å². The summed E-state index contributed by atoms with van der Waals surface area (Å²) in [6.07, 6.45) is 3.57. The fourth-order valence-corrected chi connectivity index (χ4v) is 3.59. The smallest absolute Gasteiger partial charge is 0.127 e. The lowest BCUT2D eigenvalue weighted by Crippen LogP contribution is -2.37. The number of fused-ring (bicyclic) bond motifs is 1. The van der Waals surface area contributed by atoms with Crippen molar-refractivity contribution in [3.63, 3.8) is 0 Å². The SMILES string of the molecule is CCNCC1CCCN1Cc1cc(Cl)cc2c1OCC2. The van der Waals surface area contributed by atoms with Crippen molar-refractivity contribution in [3.05, 3.63) is 28.3 Å². The maximum Gasteiger partial charge on any atom is 0.127 e. The fraction of sp³-hybridized carbons (Fsp3) is 0.625. The van der Waals surface area contributed by atoms with Crippen LogP contribution in [0.15, 0.2) is 12.1 Å². The lowest BCUT2D eigenvalue weighted by atomic mass is 10.1. The quantitative estimate of drug-likeness (QED) is 0.904. The van der Waals surface area contributed by atoms with Crippen LogP contribution < -0.4 is 10.1 Å². The number of nitrogens with zero attached hydrogens (tertiary/aromatic N) is 1. The normalized spacial score (nSPS) is 22.0. The molecular formula is C16H23ClN2O. The zero-order valence-electron chi connectivity index (χ0n) is 12.1. The molecule has 0 spiro atoms. The number of nitrogens with one attached hydrogen (secondary N) is 1. The van der Waals surface area contributed by atoms with E-state index in [1.165, 1.54) is 30.5 Å². The molecule has 0 saturated carbocycles. The summed E-state index contributed by atoms with van der Waals surface area (Å²) >= 11 is 6.25. The minimum absolute atomic E-state index is 0.644. The molecule has 1 unspecified atom stereocenters. The van der Waals surface area contributed by atoms with E-state index in [1.807, 2.05) is 6.07 Å².